The zero-order valence-electron chi connectivity index (χ0n) is 22.2. The molecule has 2 aliphatic carbocycles. The van der Waals surface area contributed by atoms with Crippen LogP contribution in [0.4, 0.5) is 9.59 Å². The van der Waals surface area contributed by atoms with Gasteiger partial charge in [0.2, 0.25) is 0 Å². The van der Waals surface area contributed by atoms with Crippen LogP contribution in [-0.2, 0) is 4.74 Å². The summed E-state index contributed by atoms with van der Waals surface area (Å²) in [5.41, 5.74) is 5.35. The van der Waals surface area contributed by atoms with Crippen molar-refractivity contribution >= 4 is 12.2 Å². The monoisotopic (exact) mass is 517 g/mol. The van der Waals surface area contributed by atoms with Crippen LogP contribution in [0.1, 0.15) is 55.6 Å². The molecule has 4 aliphatic rings. The maximum absolute atomic E-state index is 13.0. The maximum atomic E-state index is 13.0. The molecule has 2 heterocycles. The van der Waals surface area contributed by atoms with Gasteiger partial charge in [-0.05, 0) is 72.1 Å². The van der Waals surface area contributed by atoms with Gasteiger partial charge in [-0.25, -0.2) is 9.59 Å². The number of rotatable bonds is 4. The first kappa shape index (κ1) is 25.2. The van der Waals surface area contributed by atoms with E-state index in [2.05, 4.69) is 53.4 Å². The number of carboxylic acid groups (broad SMARTS) is 1. The summed E-state index contributed by atoms with van der Waals surface area (Å²) in [7, 11) is 0. The van der Waals surface area contributed by atoms with E-state index in [1.807, 2.05) is 4.90 Å². The summed E-state index contributed by atoms with van der Waals surface area (Å²) in [5.74, 6) is 0.803. The van der Waals surface area contributed by atoms with Crippen LogP contribution < -0.4 is 0 Å². The van der Waals surface area contributed by atoms with E-state index in [1.54, 1.807) is 4.90 Å². The SMILES string of the molecule is O=C(O)N1CCC2(CCC(CN3CCN(C(=O)OCC4c5ccccc5-c5ccccc54)CC3)CC2)CC1. The number of hydrogen-bond donors (Lipinski definition) is 1. The number of carbonyl (C=O) groups is 2. The molecule has 1 saturated carbocycles. The molecular weight excluding hydrogens is 478 g/mol. The minimum absolute atomic E-state index is 0.0959. The van der Waals surface area contributed by atoms with Crippen LogP contribution in [0.15, 0.2) is 48.5 Å². The smallest absolute Gasteiger partial charge is 0.409 e. The van der Waals surface area contributed by atoms with Gasteiger partial charge in [0.05, 0.1) is 0 Å². The van der Waals surface area contributed by atoms with Crippen molar-refractivity contribution in [2.45, 2.75) is 44.4 Å². The van der Waals surface area contributed by atoms with Gasteiger partial charge >= 0.3 is 12.2 Å². The molecule has 2 aromatic rings. The zero-order valence-corrected chi connectivity index (χ0v) is 22.2. The number of amides is 2. The lowest BCUT2D eigenvalue weighted by Gasteiger charge is -2.46. The molecule has 1 spiro atoms. The first-order valence-corrected chi connectivity index (χ1v) is 14.3. The Morgan fingerprint density at radius 3 is 1.95 bits per heavy atom. The van der Waals surface area contributed by atoms with Crippen molar-refractivity contribution in [3.8, 4) is 11.1 Å². The Labute approximate surface area is 225 Å². The molecule has 6 rings (SSSR count). The quantitative estimate of drug-likeness (QED) is 0.580. The number of piperidine rings is 1. The van der Waals surface area contributed by atoms with Gasteiger partial charge in [0.1, 0.15) is 6.61 Å². The summed E-state index contributed by atoms with van der Waals surface area (Å²) < 4.78 is 5.88. The average Bonchev–Trinajstić information content (AvgIpc) is 3.27. The Balaban J connectivity index is 0.947. The normalized spacial score (nSPS) is 21.8. The van der Waals surface area contributed by atoms with Crippen LogP contribution in [-0.4, -0.2) is 84.4 Å². The van der Waals surface area contributed by atoms with Crippen LogP contribution in [0.25, 0.3) is 11.1 Å². The molecular formula is C31H39N3O4. The molecule has 0 bridgehead atoms. The van der Waals surface area contributed by atoms with Gasteiger partial charge in [-0.1, -0.05) is 48.5 Å². The average molecular weight is 518 g/mol. The third-order valence-corrected chi connectivity index (χ3v) is 9.74. The second-order valence-electron chi connectivity index (χ2n) is 11.8. The van der Waals surface area contributed by atoms with Crippen molar-refractivity contribution < 1.29 is 19.4 Å². The molecule has 0 aromatic heterocycles. The van der Waals surface area contributed by atoms with Crippen molar-refractivity contribution in [1.82, 2.24) is 14.7 Å². The van der Waals surface area contributed by atoms with E-state index in [9.17, 15) is 14.7 Å². The Bertz CT molecular complexity index is 1110. The summed E-state index contributed by atoms with van der Waals surface area (Å²) in [6, 6.07) is 16.9. The highest BCUT2D eigenvalue weighted by Crippen LogP contribution is 2.47. The van der Waals surface area contributed by atoms with Gasteiger partial charge in [0.25, 0.3) is 0 Å². The van der Waals surface area contributed by atoms with Crippen molar-refractivity contribution in [1.29, 1.82) is 0 Å². The van der Waals surface area contributed by atoms with E-state index < -0.39 is 6.09 Å². The van der Waals surface area contributed by atoms with E-state index in [0.717, 1.165) is 45.6 Å². The second kappa shape index (κ2) is 10.6. The topological polar surface area (TPSA) is 73.3 Å². The minimum Gasteiger partial charge on any atom is -0.465 e. The molecule has 2 aliphatic heterocycles. The molecule has 7 nitrogen and oxygen atoms in total. The largest absolute Gasteiger partial charge is 0.465 e. The predicted octanol–water partition coefficient (Wildman–Crippen LogP) is 5.50. The zero-order chi connectivity index (χ0) is 26.1. The fraction of sp³-hybridized carbons (Fsp3) is 0.548. The van der Waals surface area contributed by atoms with Crippen LogP contribution >= 0.6 is 0 Å². The van der Waals surface area contributed by atoms with Gasteiger partial charge in [-0.3, -0.25) is 4.90 Å². The molecule has 0 radical (unpaired) electrons. The second-order valence-corrected chi connectivity index (χ2v) is 11.8. The summed E-state index contributed by atoms with van der Waals surface area (Å²) in [4.78, 5) is 30.2. The predicted molar refractivity (Wildman–Crippen MR) is 146 cm³/mol. The molecule has 1 N–H and O–H groups in total. The van der Waals surface area contributed by atoms with Crippen LogP contribution in [0.5, 0.6) is 0 Å². The fourth-order valence-corrected chi connectivity index (χ4v) is 7.31. The number of nitrogens with zero attached hydrogens (tertiary/aromatic N) is 3. The standard InChI is InChI=1S/C31H39N3O4/c35-29(36)33-15-13-31(14-16-33)11-9-23(10-12-31)21-32-17-19-34(20-18-32)30(37)38-22-28-26-7-3-1-5-24(26)25-6-2-4-8-27(25)28/h1-8,23,28H,9-22H2,(H,35,36). The lowest BCUT2D eigenvalue weighted by molar-refractivity contribution is 0.0368. The van der Waals surface area contributed by atoms with Crippen molar-refractivity contribution in [2.24, 2.45) is 11.3 Å². The highest BCUT2D eigenvalue weighted by atomic mass is 16.6. The molecule has 38 heavy (non-hydrogen) atoms. The van der Waals surface area contributed by atoms with Crippen LogP contribution in [0.2, 0.25) is 0 Å². The molecule has 2 amide bonds. The Morgan fingerprint density at radius 2 is 1.37 bits per heavy atom. The van der Waals surface area contributed by atoms with E-state index in [1.165, 1.54) is 47.9 Å². The number of ether oxygens (including phenoxy) is 1. The maximum Gasteiger partial charge on any atom is 0.409 e. The van der Waals surface area contributed by atoms with Gasteiger partial charge in [-0.15, -0.1) is 0 Å². The minimum atomic E-state index is -0.772. The lowest BCUT2D eigenvalue weighted by atomic mass is 9.65. The molecule has 0 atom stereocenters. The number of hydrogen-bond acceptors (Lipinski definition) is 4. The van der Waals surface area contributed by atoms with Gasteiger partial charge in [-0.2, -0.15) is 0 Å². The summed E-state index contributed by atoms with van der Waals surface area (Å²) in [6.07, 6.45) is 5.99. The first-order valence-electron chi connectivity index (χ1n) is 14.3. The van der Waals surface area contributed by atoms with Crippen LogP contribution in [0, 0.1) is 11.3 Å². The Hall–Kier alpha value is -3.06. The lowest BCUT2D eigenvalue weighted by Crippen LogP contribution is -2.50. The highest BCUT2D eigenvalue weighted by molar-refractivity contribution is 5.79. The van der Waals surface area contributed by atoms with E-state index >= 15 is 0 Å². The van der Waals surface area contributed by atoms with E-state index in [4.69, 9.17) is 4.74 Å². The first-order chi connectivity index (χ1) is 18.5. The van der Waals surface area contributed by atoms with Gasteiger partial charge < -0.3 is 19.6 Å². The Morgan fingerprint density at radius 1 is 0.789 bits per heavy atom. The van der Waals surface area contributed by atoms with E-state index in [-0.39, 0.29) is 12.0 Å². The summed E-state index contributed by atoms with van der Waals surface area (Å²) >= 11 is 0. The number of fused-ring (bicyclic) bond motifs is 3. The summed E-state index contributed by atoms with van der Waals surface area (Å²) in [5, 5.41) is 9.24. The highest BCUT2D eigenvalue weighted by Gasteiger charge is 2.39. The number of carbonyl (C=O) groups excluding carboxylic acids is 1. The molecule has 2 aromatic carbocycles. The molecule has 2 saturated heterocycles. The van der Waals surface area contributed by atoms with Crippen LogP contribution in [0.3, 0.4) is 0 Å². The van der Waals surface area contributed by atoms with Crippen molar-refractivity contribution in [3.63, 3.8) is 0 Å². The molecule has 7 heteroatoms. The Kier molecular flexibility index (Phi) is 7.04. The third-order valence-electron chi connectivity index (χ3n) is 9.74. The summed E-state index contributed by atoms with van der Waals surface area (Å²) in [6.45, 7) is 6.11. The van der Waals surface area contributed by atoms with Crippen molar-refractivity contribution in [3.05, 3.63) is 59.7 Å². The molecule has 0 unspecified atom stereocenters. The third kappa shape index (κ3) is 5.00. The van der Waals surface area contributed by atoms with Gasteiger partial charge in [0, 0.05) is 51.7 Å². The molecule has 202 valence electrons. The molecule has 3 fully saturated rings. The number of likely N-dealkylation sites (tertiary alicyclic amines) is 1. The van der Waals surface area contributed by atoms with E-state index in [0.29, 0.717) is 31.0 Å². The van der Waals surface area contributed by atoms with Gasteiger partial charge in [0.15, 0.2) is 0 Å². The number of benzene rings is 2. The van der Waals surface area contributed by atoms with Crippen molar-refractivity contribution in [2.75, 3.05) is 52.4 Å². The number of piperazine rings is 1. The fourth-order valence-electron chi connectivity index (χ4n) is 7.31.